The Labute approximate surface area is 524 Å². The number of fused-ring (bicyclic) bond motifs is 8. The molecule has 10 aliphatic rings. The lowest BCUT2D eigenvalue weighted by Crippen LogP contribution is -2.67. The summed E-state index contributed by atoms with van der Waals surface area (Å²) in [7, 11) is 2.94. The third kappa shape index (κ3) is 10.6. The van der Waals surface area contributed by atoms with Crippen molar-refractivity contribution in [2.75, 3.05) is 24.7 Å². The van der Waals surface area contributed by atoms with E-state index in [-0.39, 0.29) is 122 Å². The molecule has 3 heterocycles. The lowest BCUT2D eigenvalue weighted by molar-refractivity contribution is -0.202. The summed E-state index contributed by atoms with van der Waals surface area (Å²) < 4.78 is 6.37. The van der Waals surface area contributed by atoms with E-state index in [2.05, 4.69) is 40.1 Å². The van der Waals surface area contributed by atoms with Crippen molar-refractivity contribution < 1.29 is 65.1 Å². The van der Waals surface area contributed by atoms with Crippen molar-refractivity contribution in [1.29, 1.82) is 0 Å². The van der Waals surface area contributed by atoms with Crippen molar-refractivity contribution in [1.82, 2.24) is 10.3 Å². The molecule has 5 saturated carbocycles. The number of carbonyl (C=O) groups excluding carboxylic acids is 3. The minimum Gasteiger partial charge on any atom is -0.508 e. The van der Waals surface area contributed by atoms with E-state index >= 15 is 4.79 Å². The fourth-order valence-electron chi connectivity index (χ4n) is 21.0. The van der Waals surface area contributed by atoms with E-state index in [1.165, 1.54) is 27.2 Å². The Morgan fingerprint density at radius 2 is 1.69 bits per heavy atom. The number of H-pyrrole nitrogens is 1. The Bertz CT molecular complexity index is 3110. The highest BCUT2D eigenvalue weighted by Crippen LogP contribution is 2.73. The van der Waals surface area contributed by atoms with Crippen molar-refractivity contribution in [3.63, 3.8) is 0 Å². The summed E-state index contributed by atoms with van der Waals surface area (Å²) in [6.45, 7) is 7.07. The zero-order chi connectivity index (χ0) is 62.5. The summed E-state index contributed by atoms with van der Waals surface area (Å²) in [5.74, 6) is -0.276. The molecule has 2 aliphatic heterocycles. The van der Waals surface area contributed by atoms with Crippen molar-refractivity contribution in [3.8, 4) is 17.6 Å². The number of hydrogen-bond donors (Lipinski definition) is 13. The molecule has 1 aromatic carbocycles. The third-order valence-corrected chi connectivity index (χ3v) is 27.2. The molecule has 18 nitrogen and oxygen atoms in total. The number of phenolic OH excluding ortho intramolecular Hbond substituents is 1. The minimum absolute atomic E-state index is 0.000379. The monoisotopic (exact) mass is 1250 g/mol. The number of guanidine groups is 1. The zero-order valence-electron chi connectivity index (χ0n) is 51.1. The lowest BCUT2D eigenvalue weighted by Gasteiger charge is -2.63. The van der Waals surface area contributed by atoms with Gasteiger partial charge in [0.1, 0.15) is 17.9 Å². The Hall–Kier alpha value is -4.40. The fraction of sp³-hybridized carbons (Fsp3) is 0.706. The number of aliphatic hydroxyl groups is 8. The molecule has 88 heavy (non-hydrogen) atoms. The van der Waals surface area contributed by atoms with Gasteiger partial charge in [-0.15, -0.1) is 5.92 Å². The number of carbonyl (C=O) groups is 3. The number of ether oxygens (including phenoxy) is 1. The Balaban J connectivity index is 1.06. The summed E-state index contributed by atoms with van der Waals surface area (Å²) in [6.07, 6.45) is 4.57. The van der Waals surface area contributed by atoms with Crippen LogP contribution in [0.25, 0.3) is 0 Å². The summed E-state index contributed by atoms with van der Waals surface area (Å²) in [5.41, 5.74) is 8.61. The van der Waals surface area contributed by atoms with E-state index < -0.39 is 136 Å². The van der Waals surface area contributed by atoms with Crippen molar-refractivity contribution in [2.24, 2.45) is 110 Å². The summed E-state index contributed by atoms with van der Waals surface area (Å²) >= 11 is 0. The molecule has 15 N–H and O–H groups in total. The van der Waals surface area contributed by atoms with Crippen molar-refractivity contribution in [3.05, 3.63) is 76.8 Å². The molecule has 0 amide bonds. The van der Waals surface area contributed by atoms with Crippen LogP contribution >= 0.6 is 21.6 Å². The van der Waals surface area contributed by atoms with E-state index in [4.69, 9.17) is 16.2 Å². The number of nitrogens with two attached hydrogens (primary N) is 2. The first-order chi connectivity index (χ1) is 42.0. The quantitative estimate of drug-likeness (QED) is 0.0278. The van der Waals surface area contributed by atoms with Gasteiger partial charge in [0.2, 0.25) is 0 Å². The van der Waals surface area contributed by atoms with Gasteiger partial charge in [-0.25, -0.2) is 0 Å². The molecule has 2 saturated heterocycles. The second kappa shape index (κ2) is 24.6. The fourth-order valence-corrected chi connectivity index (χ4v) is 23.7. The van der Waals surface area contributed by atoms with Crippen LogP contribution in [0.5, 0.6) is 5.75 Å². The molecule has 0 radical (unpaired) electrons. The normalized spacial score (nSPS) is 45.1. The van der Waals surface area contributed by atoms with Crippen molar-refractivity contribution >= 4 is 45.1 Å². The minimum atomic E-state index is -2.11. The standard InChI is InChI=1S/C68H93N5O13S2/c1-5-50-55(53(63(83)86-50)38-18-21-71-29-38)41-8-6-7-37-27-68(85)57-46(65(3)28-49(77)59(79)45-32-88-87-31-39(34-11-14-40(75)15-12-34)25-48(76)47(30-74)73-58(57)60(80)56(45)65)17-19-67(68,20-22-72-64(69)70)61(37)66(4,84)51(78)26-44(62(81)82)52-36-13-16-42(41)54(52)43-23-33(2)9-10-35(43)24-36/h11-12,14-15,18,21,24,29,33,36-37,39,41-47,49-56,59,61-62,71,73-75,77-79,81-82,84-85H,5,7,9-10,13,16-17,19-20,22-23,25-28,30-32H2,1-4H3,(H4,69,70,72). The third-order valence-electron chi connectivity index (χ3n) is 24.6. The van der Waals surface area contributed by atoms with E-state index in [0.717, 1.165) is 43.2 Å². The molecule has 8 aliphatic carbocycles. The highest BCUT2D eigenvalue weighted by molar-refractivity contribution is 8.76. The SMILES string of the molecule is CCC1OC(=O)C(c2cc[nH]c2)C1C1C#CCC2CC3(O)C4=C5NC(CO)C(=O)CC(c6ccc(O)cc6)CSSCC6C(O)C(O)CC(C)(C4CCC3(CCN=C(N)N)C2C(C)(O)C(O)CC(C(O)O)C2C3C=C4CCC(C)CC4C2C1CC3)C6C5=O. The topological polar surface area (TPSA) is 335 Å². The predicted octanol–water partition coefficient (Wildman–Crippen LogP) is 5.56. The molecule has 20 heteroatoms. The molecule has 12 rings (SSSR count). The Morgan fingerprint density at radius 3 is 2.40 bits per heavy atom. The molecular weight excluding hydrogens is 1160 g/mol. The van der Waals surface area contributed by atoms with Gasteiger partial charge in [0.15, 0.2) is 23.8 Å². The largest absolute Gasteiger partial charge is 0.508 e. The van der Waals surface area contributed by atoms with Gasteiger partial charge < -0.3 is 72.5 Å². The number of ketones is 2. The second-order valence-electron chi connectivity index (χ2n) is 29.1. The number of Topliss-reactive ketones (excluding diaryl/α,β-unsaturated/α-hetero) is 2. The smallest absolute Gasteiger partial charge is 0.314 e. The van der Waals surface area contributed by atoms with Gasteiger partial charge in [0.25, 0.3) is 0 Å². The number of cyclic esters (lactones) is 1. The molecule has 25 unspecified atom stereocenters. The van der Waals surface area contributed by atoms with Crippen LogP contribution in [0.3, 0.4) is 0 Å². The number of aliphatic imine (C=N–C) groups is 1. The number of aromatic amines is 1. The maximum atomic E-state index is 16.3. The van der Waals surface area contributed by atoms with Crippen LogP contribution in [0.2, 0.25) is 0 Å². The summed E-state index contributed by atoms with van der Waals surface area (Å²) in [4.78, 5) is 53.4. The number of rotatable bonds is 9. The van der Waals surface area contributed by atoms with Gasteiger partial charge in [-0.1, -0.05) is 72.1 Å². The maximum absolute atomic E-state index is 16.3. The predicted molar refractivity (Wildman–Crippen MR) is 334 cm³/mol. The van der Waals surface area contributed by atoms with Crippen LogP contribution in [0.4, 0.5) is 0 Å². The van der Waals surface area contributed by atoms with E-state index in [9.17, 15) is 55.5 Å². The van der Waals surface area contributed by atoms with Crippen LogP contribution in [-0.4, -0.2) is 147 Å². The lowest BCUT2D eigenvalue weighted by atomic mass is 9.43. The number of hydrogen-bond acceptors (Lipinski definition) is 17. The molecule has 2 aromatic rings. The molecule has 480 valence electrons. The first kappa shape index (κ1) is 63.7. The molecule has 7 fully saturated rings. The van der Waals surface area contributed by atoms with Crippen LogP contribution < -0.4 is 16.8 Å². The maximum Gasteiger partial charge on any atom is 0.314 e. The van der Waals surface area contributed by atoms with Crippen molar-refractivity contribution in [2.45, 2.75) is 177 Å². The van der Waals surface area contributed by atoms with Crippen LogP contribution in [0.1, 0.15) is 141 Å². The molecule has 25 atom stereocenters. The number of aromatic nitrogens is 1. The first-order valence-electron chi connectivity index (χ1n) is 32.6. The van der Waals surface area contributed by atoms with E-state index in [1.807, 2.05) is 32.3 Å². The highest BCUT2D eigenvalue weighted by Gasteiger charge is 2.75. The molecule has 6 bridgehead atoms. The van der Waals surface area contributed by atoms with Gasteiger partial charge in [-0.05, 0) is 172 Å². The molecule has 1 aromatic heterocycles. The average molecular weight is 1250 g/mol. The number of benzene rings is 1. The summed E-state index contributed by atoms with van der Waals surface area (Å²) in [5, 5.41) is 115. The number of esters is 1. The number of aliphatic hydroxyl groups excluding tert-OH is 5. The zero-order valence-corrected chi connectivity index (χ0v) is 52.8. The molecule has 0 spiro atoms. The van der Waals surface area contributed by atoms with E-state index in [0.29, 0.717) is 18.1 Å². The number of aromatic hydroxyl groups is 1. The Kier molecular flexibility index (Phi) is 17.8. The van der Waals surface area contributed by atoms with Crippen LogP contribution in [-0.2, 0) is 19.1 Å². The Morgan fingerprint density at radius 1 is 0.932 bits per heavy atom. The van der Waals surface area contributed by atoms with Gasteiger partial charge in [-0.3, -0.25) is 19.4 Å². The van der Waals surface area contributed by atoms with Gasteiger partial charge in [0, 0.05) is 90.1 Å². The average Bonchev–Trinajstić information content (AvgIpc) is 1.36. The van der Waals surface area contributed by atoms with Gasteiger partial charge in [0.05, 0.1) is 47.7 Å². The van der Waals surface area contributed by atoms with Crippen LogP contribution in [0.15, 0.2) is 70.6 Å². The molecular formula is C68H93N5O13S2. The van der Waals surface area contributed by atoms with E-state index in [1.54, 1.807) is 31.2 Å². The highest BCUT2D eigenvalue weighted by atomic mass is 33.1. The van der Waals surface area contributed by atoms with Gasteiger partial charge >= 0.3 is 5.97 Å². The van der Waals surface area contributed by atoms with Crippen LogP contribution in [0, 0.1) is 106 Å². The number of allylic oxidation sites excluding steroid dienone is 3. The second-order valence-corrected chi connectivity index (χ2v) is 31.6. The number of nitrogens with zero attached hydrogens (tertiary/aromatic N) is 1. The number of nitrogens with one attached hydrogen (secondary N) is 2. The van der Waals surface area contributed by atoms with Gasteiger partial charge in [-0.2, -0.15) is 0 Å². The number of phenols is 1. The summed E-state index contributed by atoms with van der Waals surface area (Å²) in [6, 6.07) is 7.19. The first-order valence-corrected chi connectivity index (χ1v) is 35.1.